The van der Waals surface area contributed by atoms with E-state index in [1.165, 1.54) is 77.0 Å². The number of esters is 1. The Morgan fingerprint density at radius 2 is 1.20 bits per heavy atom. The number of nitrogens with two attached hydrogens (primary N) is 1. The molecule has 2 atom stereocenters. The number of phosphoric ester groups is 1. The Labute approximate surface area is 282 Å². The van der Waals surface area contributed by atoms with Crippen molar-refractivity contribution < 1.29 is 32.8 Å². The summed E-state index contributed by atoms with van der Waals surface area (Å²) in [6, 6.07) is 0. The molecule has 2 unspecified atom stereocenters. The molecule has 0 aliphatic rings. The number of ether oxygens (including phenoxy) is 2. The molecule has 0 radical (unpaired) electrons. The van der Waals surface area contributed by atoms with Gasteiger partial charge in [-0.05, 0) is 64.2 Å². The largest absolute Gasteiger partial charge is 0.472 e. The summed E-state index contributed by atoms with van der Waals surface area (Å²) in [4.78, 5) is 22.3. The summed E-state index contributed by atoms with van der Waals surface area (Å²) in [6.07, 6.45) is 37.2. The van der Waals surface area contributed by atoms with E-state index in [0.29, 0.717) is 13.0 Å². The lowest BCUT2D eigenvalue weighted by molar-refractivity contribution is -0.154. The minimum absolute atomic E-state index is 0.0963. The number of carbonyl (C=O) groups is 1. The van der Waals surface area contributed by atoms with Gasteiger partial charge in [-0.2, -0.15) is 0 Å². The van der Waals surface area contributed by atoms with E-state index in [4.69, 9.17) is 24.3 Å². The molecule has 0 saturated carbocycles. The van der Waals surface area contributed by atoms with Gasteiger partial charge in [-0.25, -0.2) is 4.57 Å². The lowest BCUT2D eigenvalue weighted by Gasteiger charge is -2.20. The molecule has 0 spiro atoms. The number of hydrogen-bond acceptors (Lipinski definition) is 7. The summed E-state index contributed by atoms with van der Waals surface area (Å²) < 4.78 is 33.2. The summed E-state index contributed by atoms with van der Waals surface area (Å²) in [5, 5.41) is 0. The number of unbranched alkanes of at least 4 members (excludes halogenated alkanes) is 16. The number of phosphoric acid groups is 1. The van der Waals surface area contributed by atoms with Gasteiger partial charge in [0.05, 0.1) is 19.8 Å². The van der Waals surface area contributed by atoms with Gasteiger partial charge in [0.25, 0.3) is 0 Å². The molecule has 270 valence electrons. The van der Waals surface area contributed by atoms with Crippen LogP contribution in [0.4, 0.5) is 0 Å². The van der Waals surface area contributed by atoms with Crippen LogP contribution in [0, 0.1) is 0 Å². The first-order chi connectivity index (χ1) is 22.4. The molecular formula is C37H70NO7P. The first kappa shape index (κ1) is 44.7. The van der Waals surface area contributed by atoms with Gasteiger partial charge in [0.2, 0.25) is 0 Å². The van der Waals surface area contributed by atoms with E-state index in [-0.39, 0.29) is 32.3 Å². The Morgan fingerprint density at radius 1 is 0.652 bits per heavy atom. The van der Waals surface area contributed by atoms with Crippen molar-refractivity contribution >= 4 is 13.8 Å². The van der Waals surface area contributed by atoms with Crippen LogP contribution < -0.4 is 5.73 Å². The highest BCUT2D eigenvalue weighted by atomic mass is 31.2. The molecule has 0 amide bonds. The zero-order valence-electron chi connectivity index (χ0n) is 29.6. The first-order valence-corrected chi connectivity index (χ1v) is 20.0. The van der Waals surface area contributed by atoms with Crippen molar-refractivity contribution in [1.29, 1.82) is 0 Å². The summed E-state index contributed by atoms with van der Waals surface area (Å²) in [5.74, 6) is -0.348. The van der Waals surface area contributed by atoms with E-state index < -0.39 is 13.9 Å². The van der Waals surface area contributed by atoms with Gasteiger partial charge in [0.1, 0.15) is 6.10 Å². The molecule has 9 heteroatoms. The van der Waals surface area contributed by atoms with Gasteiger partial charge < -0.3 is 20.1 Å². The fourth-order valence-corrected chi connectivity index (χ4v) is 5.56. The maximum Gasteiger partial charge on any atom is 0.472 e. The van der Waals surface area contributed by atoms with Crippen molar-refractivity contribution in [3.05, 3.63) is 36.5 Å². The van der Waals surface area contributed by atoms with E-state index >= 15 is 0 Å². The van der Waals surface area contributed by atoms with Crippen LogP contribution in [0.25, 0.3) is 0 Å². The van der Waals surface area contributed by atoms with Crippen LogP contribution in [0.5, 0.6) is 0 Å². The molecule has 0 aliphatic heterocycles. The van der Waals surface area contributed by atoms with Gasteiger partial charge in [-0.1, -0.05) is 121 Å². The zero-order valence-corrected chi connectivity index (χ0v) is 30.4. The normalized spacial score (nSPS) is 14.1. The Balaban J connectivity index is 4.13. The third-order valence-corrected chi connectivity index (χ3v) is 8.49. The standard InChI is InChI=1S/C37H70NO7P/c1-3-5-7-9-11-13-15-16-17-18-19-20-22-24-26-28-30-37(39)45-36(35-44-46(40,41)43-33-31-38)34-42-32-29-27-25-23-21-14-12-10-8-6-4-2/h8,10,13,15,17-18,36H,3-7,9,11-12,14,16,19-35,38H2,1-2H3,(H,40,41)/b10-8-,15-13-,18-17-. The second kappa shape index (κ2) is 35.0. The highest BCUT2D eigenvalue weighted by molar-refractivity contribution is 7.47. The molecule has 0 bridgehead atoms. The van der Waals surface area contributed by atoms with E-state index in [2.05, 4.69) is 50.3 Å². The van der Waals surface area contributed by atoms with Crippen molar-refractivity contribution in [2.45, 2.75) is 161 Å². The fourth-order valence-electron chi connectivity index (χ4n) is 4.79. The van der Waals surface area contributed by atoms with Crippen LogP contribution in [0.2, 0.25) is 0 Å². The summed E-state index contributed by atoms with van der Waals surface area (Å²) in [7, 11) is -4.27. The quantitative estimate of drug-likeness (QED) is 0.0296. The van der Waals surface area contributed by atoms with Gasteiger partial charge in [0.15, 0.2) is 0 Å². The molecule has 3 N–H and O–H groups in total. The van der Waals surface area contributed by atoms with Gasteiger partial charge >= 0.3 is 13.8 Å². The highest BCUT2D eigenvalue weighted by Gasteiger charge is 2.25. The molecule has 0 aliphatic carbocycles. The van der Waals surface area contributed by atoms with Crippen LogP contribution in [0.3, 0.4) is 0 Å². The van der Waals surface area contributed by atoms with Crippen molar-refractivity contribution in [1.82, 2.24) is 0 Å². The predicted molar refractivity (Wildman–Crippen MR) is 192 cm³/mol. The third kappa shape index (κ3) is 34.1. The van der Waals surface area contributed by atoms with Gasteiger partial charge in [-0.15, -0.1) is 0 Å². The van der Waals surface area contributed by atoms with E-state index in [1.54, 1.807) is 0 Å². The molecule has 8 nitrogen and oxygen atoms in total. The smallest absolute Gasteiger partial charge is 0.457 e. The Hall–Kier alpha value is -1.28. The molecule has 0 heterocycles. The van der Waals surface area contributed by atoms with Crippen LogP contribution in [0.15, 0.2) is 36.5 Å². The van der Waals surface area contributed by atoms with Gasteiger partial charge in [-0.3, -0.25) is 13.8 Å². The van der Waals surface area contributed by atoms with Crippen LogP contribution in [-0.4, -0.2) is 49.9 Å². The number of carbonyl (C=O) groups excluding carboxylic acids is 1. The maximum atomic E-state index is 12.5. The molecule has 0 aromatic heterocycles. The van der Waals surface area contributed by atoms with E-state index in [0.717, 1.165) is 57.8 Å². The molecule has 0 rings (SSSR count). The number of rotatable bonds is 35. The van der Waals surface area contributed by atoms with Crippen LogP contribution >= 0.6 is 7.82 Å². The topological polar surface area (TPSA) is 117 Å². The predicted octanol–water partition coefficient (Wildman–Crippen LogP) is 10.3. The van der Waals surface area contributed by atoms with E-state index in [9.17, 15) is 14.3 Å². The second-order valence-electron chi connectivity index (χ2n) is 12.1. The molecule has 0 aromatic carbocycles. The van der Waals surface area contributed by atoms with Crippen LogP contribution in [-0.2, 0) is 27.9 Å². The third-order valence-electron chi connectivity index (χ3n) is 7.51. The Bertz CT molecular complexity index is 803. The van der Waals surface area contributed by atoms with E-state index in [1.807, 2.05) is 0 Å². The van der Waals surface area contributed by atoms with Gasteiger partial charge in [0, 0.05) is 19.6 Å². The Morgan fingerprint density at radius 3 is 1.80 bits per heavy atom. The average molecular weight is 672 g/mol. The Kier molecular flexibility index (Phi) is 34.1. The fraction of sp³-hybridized carbons (Fsp3) is 0.811. The summed E-state index contributed by atoms with van der Waals surface area (Å²) in [6.45, 7) is 4.80. The number of allylic oxidation sites excluding steroid dienone is 6. The lowest BCUT2D eigenvalue weighted by atomic mass is 10.1. The first-order valence-electron chi connectivity index (χ1n) is 18.5. The molecule has 46 heavy (non-hydrogen) atoms. The molecular weight excluding hydrogens is 601 g/mol. The van der Waals surface area contributed by atoms with Crippen LogP contribution in [0.1, 0.15) is 155 Å². The SMILES string of the molecule is CCC/C=C\CCCCCCCCOCC(COP(=O)(O)OCCN)OC(=O)CCCCCCC/C=C\C/C=C\CCCCCC. The monoisotopic (exact) mass is 671 g/mol. The van der Waals surface area contributed by atoms with Crippen molar-refractivity contribution in [2.75, 3.05) is 33.0 Å². The maximum absolute atomic E-state index is 12.5. The zero-order chi connectivity index (χ0) is 33.8. The minimum atomic E-state index is -4.27. The average Bonchev–Trinajstić information content (AvgIpc) is 3.04. The minimum Gasteiger partial charge on any atom is -0.457 e. The molecule has 0 fully saturated rings. The van der Waals surface area contributed by atoms with Crippen molar-refractivity contribution in [3.63, 3.8) is 0 Å². The molecule has 0 saturated heterocycles. The summed E-state index contributed by atoms with van der Waals surface area (Å²) in [5.41, 5.74) is 5.34. The molecule has 0 aromatic rings. The highest BCUT2D eigenvalue weighted by Crippen LogP contribution is 2.43. The number of hydrogen-bond donors (Lipinski definition) is 2. The lowest BCUT2D eigenvalue weighted by Crippen LogP contribution is -2.28. The summed E-state index contributed by atoms with van der Waals surface area (Å²) >= 11 is 0. The van der Waals surface area contributed by atoms with Crippen molar-refractivity contribution in [3.8, 4) is 0 Å². The second-order valence-corrected chi connectivity index (χ2v) is 13.5. The van der Waals surface area contributed by atoms with Crippen molar-refractivity contribution in [2.24, 2.45) is 5.73 Å².